The van der Waals surface area contributed by atoms with Crippen LogP contribution in [0.5, 0.6) is 11.5 Å². The first-order valence-corrected chi connectivity index (χ1v) is 5.07. The van der Waals surface area contributed by atoms with Crippen LogP contribution in [0.15, 0.2) is 12.1 Å². The van der Waals surface area contributed by atoms with Crippen molar-refractivity contribution < 1.29 is 19.4 Å². The molecule has 1 rings (SSSR count). The molecule has 0 saturated carbocycles. The van der Waals surface area contributed by atoms with Gasteiger partial charge in [0.05, 0.1) is 14.2 Å². The van der Waals surface area contributed by atoms with E-state index in [4.69, 9.17) is 14.6 Å². The lowest BCUT2D eigenvalue weighted by molar-refractivity contribution is 0.112. The molecule has 16 heavy (non-hydrogen) atoms. The molecule has 0 aliphatic heterocycles. The van der Waals surface area contributed by atoms with Gasteiger partial charge >= 0.3 is 0 Å². The number of carbonyl (C=O) groups excluding carboxylic acids is 1. The van der Waals surface area contributed by atoms with Crippen LogP contribution in [0.4, 0.5) is 0 Å². The molecule has 0 fully saturated rings. The van der Waals surface area contributed by atoms with Crippen LogP contribution in [0.2, 0.25) is 0 Å². The summed E-state index contributed by atoms with van der Waals surface area (Å²) in [6.07, 6.45) is 2.05. The smallest absolute Gasteiger partial charge is 0.161 e. The summed E-state index contributed by atoms with van der Waals surface area (Å²) in [5.74, 6) is 1.14. The minimum Gasteiger partial charge on any atom is -0.493 e. The van der Waals surface area contributed by atoms with Crippen molar-refractivity contribution in [2.75, 3.05) is 20.8 Å². The van der Waals surface area contributed by atoms with Crippen LogP contribution in [0.25, 0.3) is 0 Å². The van der Waals surface area contributed by atoms with Gasteiger partial charge in [0.25, 0.3) is 0 Å². The molecule has 0 aliphatic rings. The summed E-state index contributed by atoms with van der Waals surface area (Å²) >= 11 is 0. The van der Waals surface area contributed by atoms with Crippen molar-refractivity contribution in [3.63, 3.8) is 0 Å². The Balaban J connectivity index is 3.09. The first kappa shape index (κ1) is 12.5. The zero-order valence-corrected chi connectivity index (χ0v) is 9.53. The Morgan fingerprint density at radius 1 is 1.25 bits per heavy atom. The van der Waals surface area contributed by atoms with E-state index in [9.17, 15) is 4.79 Å². The van der Waals surface area contributed by atoms with Crippen LogP contribution in [0, 0.1) is 0 Å². The number of aliphatic hydroxyl groups excluding tert-OH is 1. The number of aliphatic hydroxyl groups is 1. The number of hydrogen-bond acceptors (Lipinski definition) is 4. The van der Waals surface area contributed by atoms with E-state index in [1.54, 1.807) is 19.2 Å². The van der Waals surface area contributed by atoms with Crippen LogP contribution in [-0.4, -0.2) is 32.2 Å². The second kappa shape index (κ2) is 6.12. The number of rotatable bonds is 6. The number of aryl methyl sites for hydroxylation is 1. The molecule has 0 radical (unpaired) electrons. The highest BCUT2D eigenvalue weighted by Crippen LogP contribution is 2.30. The van der Waals surface area contributed by atoms with Gasteiger partial charge in [-0.25, -0.2) is 0 Å². The monoisotopic (exact) mass is 224 g/mol. The molecule has 1 aromatic rings. The van der Waals surface area contributed by atoms with E-state index in [-0.39, 0.29) is 6.61 Å². The number of ether oxygens (including phenoxy) is 2. The Morgan fingerprint density at radius 3 is 2.38 bits per heavy atom. The number of benzene rings is 1. The van der Waals surface area contributed by atoms with E-state index >= 15 is 0 Å². The molecule has 0 heterocycles. The Kier molecular flexibility index (Phi) is 4.79. The molecular weight excluding hydrogens is 208 g/mol. The van der Waals surface area contributed by atoms with E-state index < -0.39 is 0 Å². The Bertz CT molecular complexity index is 360. The van der Waals surface area contributed by atoms with E-state index in [2.05, 4.69) is 0 Å². The lowest BCUT2D eigenvalue weighted by Gasteiger charge is -2.11. The SMILES string of the molecule is COc1cc(C=O)c(CCCO)cc1OC. The van der Waals surface area contributed by atoms with Crippen LogP contribution >= 0.6 is 0 Å². The van der Waals surface area contributed by atoms with Gasteiger partial charge in [-0.05, 0) is 30.5 Å². The number of methoxy groups -OCH3 is 2. The largest absolute Gasteiger partial charge is 0.493 e. The first-order chi connectivity index (χ1) is 7.76. The molecule has 1 N–H and O–H groups in total. The average Bonchev–Trinajstić information content (AvgIpc) is 2.35. The van der Waals surface area contributed by atoms with Crippen molar-refractivity contribution >= 4 is 6.29 Å². The molecule has 0 aromatic heterocycles. The summed E-state index contributed by atoms with van der Waals surface area (Å²) in [6.45, 7) is 0.104. The third-order valence-electron chi connectivity index (χ3n) is 2.38. The quantitative estimate of drug-likeness (QED) is 0.743. The zero-order valence-electron chi connectivity index (χ0n) is 9.53. The average molecular weight is 224 g/mol. The summed E-state index contributed by atoms with van der Waals surface area (Å²) in [6, 6.07) is 3.43. The Labute approximate surface area is 94.8 Å². The lowest BCUT2D eigenvalue weighted by atomic mass is 10.0. The van der Waals surface area contributed by atoms with E-state index in [1.807, 2.05) is 0 Å². The highest BCUT2D eigenvalue weighted by molar-refractivity contribution is 5.79. The topological polar surface area (TPSA) is 55.8 Å². The molecular formula is C12H16O4. The van der Waals surface area contributed by atoms with E-state index in [0.717, 1.165) is 11.8 Å². The zero-order chi connectivity index (χ0) is 12.0. The molecule has 0 unspecified atom stereocenters. The minimum absolute atomic E-state index is 0.104. The van der Waals surface area contributed by atoms with Gasteiger partial charge in [0, 0.05) is 12.2 Å². The highest BCUT2D eigenvalue weighted by Gasteiger charge is 2.10. The molecule has 0 aliphatic carbocycles. The molecule has 0 bridgehead atoms. The summed E-state index contributed by atoms with van der Waals surface area (Å²) in [7, 11) is 3.08. The van der Waals surface area contributed by atoms with Crippen LogP contribution in [-0.2, 0) is 6.42 Å². The molecule has 4 nitrogen and oxygen atoms in total. The minimum atomic E-state index is 0.104. The second-order valence-electron chi connectivity index (χ2n) is 3.35. The van der Waals surface area contributed by atoms with Crippen molar-refractivity contribution in [2.45, 2.75) is 12.8 Å². The molecule has 0 amide bonds. The number of aldehydes is 1. The second-order valence-corrected chi connectivity index (χ2v) is 3.35. The first-order valence-electron chi connectivity index (χ1n) is 5.07. The van der Waals surface area contributed by atoms with Gasteiger partial charge in [-0.2, -0.15) is 0 Å². The van der Waals surface area contributed by atoms with Crippen molar-refractivity contribution in [2.24, 2.45) is 0 Å². The standard InChI is InChI=1S/C12H16O4/c1-15-11-6-9(4-3-5-13)10(8-14)7-12(11)16-2/h6-8,13H,3-5H2,1-2H3. The Morgan fingerprint density at radius 2 is 1.88 bits per heavy atom. The van der Waals surface area contributed by atoms with Gasteiger partial charge in [-0.1, -0.05) is 0 Å². The Hall–Kier alpha value is -1.55. The maximum atomic E-state index is 10.9. The third kappa shape index (κ3) is 2.73. The predicted molar refractivity (Wildman–Crippen MR) is 60.3 cm³/mol. The van der Waals surface area contributed by atoms with Gasteiger partial charge in [0.15, 0.2) is 11.5 Å². The van der Waals surface area contributed by atoms with Gasteiger partial charge in [0.1, 0.15) is 6.29 Å². The van der Waals surface area contributed by atoms with Crippen molar-refractivity contribution in [1.82, 2.24) is 0 Å². The molecule has 1 aromatic carbocycles. The molecule has 4 heteroatoms. The van der Waals surface area contributed by atoms with Crippen molar-refractivity contribution in [1.29, 1.82) is 0 Å². The maximum Gasteiger partial charge on any atom is 0.161 e. The fourth-order valence-electron chi connectivity index (χ4n) is 1.53. The molecule has 0 atom stereocenters. The van der Waals surface area contributed by atoms with Gasteiger partial charge in [-0.15, -0.1) is 0 Å². The van der Waals surface area contributed by atoms with Gasteiger partial charge in [-0.3, -0.25) is 4.79 Å². The van der Waals surface area contributed by atoms with Gasteiger partial charge < -0.3 is 14.6 Å². The molecule has 0 saturated heterocycles. The van der Waals surface area contributed by atoms with Crippen LogP contribution in [0.1, 0.15) is 22.3 Å². The molecule has 88 valence electrons. The fraction of sp³-hybridized carbons (Fsp3) is 0.417. The summed E-state index contributed by atoms with van der Waals surface area (Å²) in [5, 5.41) is 8.77. The van der Waals surface area contributed by atoms with Crippen molar-refractivity contribution in [3.8, 4) is 11.5 Å². The van der Waals surface area contributed by atoms with Crippen LogP contribution < -0.4 is 9.47 Å². The molecule has 0 spiro atoms. The predicted octanol–water partition coefficient (Wildman–Crippen LogP) is 1.44. The maximum absolute atomic E-state index is 10.9. The summed E-state index contributed by atoms with van der Waals surface area (Å²) in [5.41, 5.74) is 1.44. The highest BCUT2D eigenvalue weighted by atomic mass is 16.5. The van der Waals surface area contributed by atoms with Crippen molar-refractivity contribution in [3.05, 3.63) is 23.3 Å². The fourth-order valence-corrected chi connectivity index (χ4v) is 1.53. The lowest BCUT2D eigenvalue weighted by Crippen LogP contribution is -1.99. The van der Waals surface area contributed by atoms with E-state index in [0.29, 0.717) is 29.9 Å². The van der Waals surface area contributed by atoms with Gasteiger partial charge in [0.2, 0.25) is 0 Å². The third-order valence-corrected chi connectivity index (χ3v) is 2.38. The summed E-state index contributed by atoms with van der Waals surface area (Å²) in [4.78, 5) is 10.9. The number of carbonyl (C=O) groups is 1. The number of hydrogen-bond donors (Lipinski definition) is 1. The van der Waals surface area contributed by atoms with Crippen LogP contribution in [0.3, 0.4) is 0 Å². The normalized spacial score (nSPS) is 9.94. The van der Waals surface area contributed by atoms with E-state index in [1.165, 1.54) is 7.11 Å². The summed E-state index contributed by atoms with van der Waals surface area (Å²) < 4.78 is 10.3.